The van der Waals surface area contributed by atoms with Crippen LogP contribution in [0.25, 0.3) is 0 Å². The van der Waals surface area contributed by atoms with E-state index in [1.54, 1.807) is 24.3 Å². The van der Waals surface area contributed by atoms with E-state index >= 15 is 0 Å². The molecule has 2 rings (SSSR count). The molecule has 0 amide bonds. The first-order valence-electron chi connectivity index (χ1n) is 6.33. The average Bonchev–Trinajstić information content (AvgIpc) is 2.99. The van der Waals surface area contributed by atoms with Gasteiger partial charge in [0.15, 0.2) is 0 Å². The summed E-state index contributed by atoms with van der Waals surface area (Å²) < 4.78 is 36.7. The Balaban J connectivity index is 2.38. The zero-order valence-corrected chi connectivity index (χ0v) is 12.8. The Labute approximate surface area is 124 Å². The second-order valence-electron chi connectivity index (χ2n) is 4.58. The van der Waals surface area contributed by atoms with Crippen LogP contribution in [0.1, 0.15) is 11.1 Å². The van der Waals surface area contributed by atoms with Gasteiger partial charge in [-0.05, 0) is 23.8 Å². The molecule has 7 heteroatoms. The van der Waals surface area contributed by atoms with Crippen molar-refractivity contribution in [1.82, 2.24) is 4.31 Å². The second-order valence-corrected chi connectivity index (χ2v) is 6.60. The number of methoxy groups -OCH3 is 1. The summed E-state index contributed by atoms with van der Waals surface area (Å²) in [7, 11) is -0.731. The first-order chi connectivity index (χ1) is 9.98. The van der Waals surface area contributed by atoms with E-state index in [4.69, 9.17) is 14.9 Å². The van der Waals surface area contributed by atoms with E-state index in [0.29, 0.717) is 5.75 Å². The summed E-state index contributed by atoms with van der Waals surface area (Å²) in [6.45, 7) is 0.479. The lowest BCUT2D eigenvalue weighted by atomic mass is 10.2. The summed E-state index contributed by atoms with van der Waals surface area (Å²) in [6.07, 6.45) is 3.02. The van der Waals surface area contributed by atoms with E-state index in [9.17, 15) is 8.42 Å². The summed E-state index contributed by atoms with van der Waals surface area (Å²) >= 11 is 0. The van der Waals surface area contributed by atoms with Gasteiger partial charge in [0.2, 0.25) is 10.0 Å². The number of ether oxygens (including phenoxy) is 1. The molecule has 0 aliphatic carbocycles. The van der Waals surface area contributed by atoms with Gasteiger partial charge in [0, 0.05) is 25.7 Å². The molecule has 0 atom stereocenters. The fourth-order valence-corrected chi connectivity index (χ4v) is 3.30. The Bertz CT molecular complexity index is 696. The minimum atomic E-state index is -3.68. The van der Waals surface area contributed by atoms with Crippen molar-refractivity contribution in [3.8, 4) is 5.75 Å². The lowest BCUT2D eigenvalue weighted by Crippen LogP contribution is -2.27. The molecule has 21 heavy (non-hydrogen) atoms. The molecule has 0 radical (unpaired) electrons. The van der Waals surface area contributed by atoms with Crippen molar-refractivity contribution in [2.75, 3.05) is 14.2 Å². The predicted octanol–water partition coefficient (Wildman–Crippen LogP) is 1.57. The SMILES string of the molecule is COc1ccc(CN)cc1S(=O)(=O)N(C)Cc1ccoc1. The molecule has 1 aromatic carbocycles. The van der Waals surface area contributed by atoms with Crippen LogP contribution >= 0.6 is 0 Å². The Morgan fingerprint density at radius 1 is 1.29 bits per heavy atom. The van der Waals surface area contributed by atoms with E-state index in [0.717, 1.165) is 11.1 Å². The molecule has 1 heterocycles. The Morgan fingerprint density at radius 3 is 2.62 bits per heavy atom. The van der Waals surface area contributed by atoms with E-state index in [1.165, 1.54) is 31.0 Å². The maximum atomic E-state index is 12.7. The topological polar surface area (TPSA) is 85.8 Å². The summed E-state index contributed by atoms with van der Waals surface area (Å²) in [5.41, 5.74) is 7.08. The van der Waals surface area contributed by atoms with Gasteiger partial charge in [0.05, 0.1) is 19.6 Å². The van der Waals surface area contributed by atoms with Crippen molar-refractivity contribution < 1.29 is 17.6 Å². The van der Waals surface area contributed by atoms with Crippen molar-refractivity contribution in [1.29, 1.82) is 0 Å². The summed E-state index contributed by atoms with van der Waals surface area (Å²) in [4.78, 5) is 0.110. The minimum absolute atomic E-state index is 0.110. The van der Waals surface area contributed by atoms with Gasteiger partial charge < -0.3 is 14.9 Å². The molecule has 0 bridgehead atoms. The predicted molar refractivity (Wildman–Crippen MR) is 78.2 cm³/mol. The molecular weight excluding hydrogens is 292 g/mol. The zero-order valence-electron chi connectivity index (χ0n) is 11.9. The molecule has 2 N–H and O–H groups in total. The summed E-state index contributed by atoms with van der Waals surface area (Å²) in [6, 6.07) is 6.62. The Hall–Kier alpha value is -1.83. The molecule has 0 aliphatic heterocycles. The van der Waals surface area contributed by atoms with Crippen molar-refractivity contribution >= 4 is 10.0 Å². The molecule has 0 spiro atoms. The summed E-state index contributed by atoms with van der Waals surface area (Å²) in [5.74, 6) is 0.297. The van der Waals surface area contributed by atoms with Gasteiger partial charge in [-0.3, -0.25) is 0 Å². The third-order valence-electron chi connectivity index (χ3n) is 3.14. The normalized spacial score (nSPS) is 11.8. The first-order valence-corrected chi connectivity index (χ1v) is 7.77. The van der Waals surface area contributed by atoms with Crippen molar-refractivity contribution in [3.63, 3.8) is 0 Å². The smallest absolute Gasteiger partial charge is 0.246 e. The Kier molecular flexibility index (Phi) is 4.66. The highest BCUT2D eigenvalue weighted by Crippen LogP contribution is 2.28. The van der Waals surface area contributed by atoms with Gasteiger partial charge in [0.25, 0.3) is 0 Å². The molecule has 0 aliphatic rings. The molecule has 6 nitrogen and oxygen atoms in total. The third kappa shape index (κ3) is 3.26. The fraction of sp³-hybridized carbons (Fsp3) is 0.286. The van der Waals surface area contributed by atoms with E-state index in [2.05, 4.69) is 0 Å². The largest absolute Gasteiger partial charge is 0.495 e. The van der Waals surface area contributed by atoms with Crippen LogP contribution in [0.4, 0.5) is 0 Å². The van der Waals surface area contributed by atoms with Crippen LogP contribution < -0.4 is 10.5 Å². The molecule has 0 saturated heterocycles. The lowest BCUT2D eigenvalue weighted by molar-refractivity contribution is 0.397. The molecule has 1 aromatic heterocycles. The maximum Gasteiger partial charge on any atom is 0.246 e. The van der Waals surface area contributed by atoms with Crippen LogP contribution in [-0.2, 0) is 23.1 Å². The van der Waals surface area contributed by atoms with Crippen LogP contribution in [-0.4, -0.2) is 26.9 Å². The van der Waals surface area contributed by atoms with E-state index in [1.807, 2.05) is 0 Å². The average molecular weight is 310 g/mol. The second kappa shape index (κ2) is 6.30. The lowest BCUT2D eigenvalue weighted by Gasteiger charge is -2.18. The number of hydrogen-bond acceptors (Lipinski definition) is 5. The quantitative estimate of drug-likeness (QED) is 0.875. The molecule has 0 fully saturated rings. The highest BCUT2D eigenvalue weighted by molar-refractivity contribution is 7.89. The van der Waals surface area contributed by atoms with Crippen LogP contribution in [0.2, 0.25) is 0 Å². The minimum Gasteiger partial charge on any atom is -0.495 e. The number of nitrogens with two attached hydrogens (primary N) is 1. The highest BCUT2D eigenvalue weighted by atomic mass is 32.2. The number of benzene rings is 1. The van der Waals surface area contributed by atoms with Crippen LogP contribution in [0.15, 0.2) is 46.1 Å². The van der Waals surface area contributed by atoms with E-state index < -0.39 is 10.0 Å². The molecule has 114 valence electrons. The monoisotopic (exact) mass is 310 g/mol. The number of furan rings is 1. The van der Waals surface area contributed by atoms with Crippen molar-refractivity contribution in [2.24, 2.45) is 5.73 Å². The number of hydrogen-bond donors (Lipinski definition) is 1. The van der Waals surface area contributed by atoms with Crippen LogP contribution in [0, 0.1) is 0 Å². The standard InChI is InChI=1S/C14H18N2O4S/c1-16(9-12-5-6-20-10-12)21(17,18)14-7-11(8-15)3-4-13(14)19-2/h3-7,10H,8-9,15H2,1-2H3. The number of sulfonamides is 1. The highest BCUT2D eigenvalue weighted by Gasteiger charge is 2.25. The fourth-order valence-electron chi connectivity index (χ4n) is 1.94. The van der Waals surface area contributed by atoms with E-state index in [-0.39, 0.29) is 18.0 Å². The number of nitrogens with zero attached hydrogens (tertiary/aromatic N) is 1. The van der Waals surface area contributed by atoms with Crippen LogP contribution in [0.3, 0.4) is 0 Å². The van der Waals surface area contributed by atoms with Crippen LogP contribution in [0.5, 0.6) is 5.75 Å². The first kappa shape index (κ1) is 15.6. The van der Waals surface area contributed by atoms with Crippen molar-refractivity contribution in [2.45, 2.75) is 18.0 Å². The van der Waals surface area contributed by atoms with Gasteiger partial charge in [0.1, 0.15) is 10.6 Å². The van der Waals surface area contributed by atoms with Crippen molar-refractivity contribution in [3.05, 3.63) is 47.9 Å². The summed E-state index contributed by atoms with van der Waals surface area (Å²) in [5, 5.41) is 0. The molecule has 2 aromatic rings. The zero-order chi connectivity index (χ0) is 15.5. The number of rotatable bonds is 6. The molecular formula is C14H18N2O4S. The molecule has 0 saturated carbocycles. The van der Waals surface area contributed by atoms with Gasteiger partial charge in [-0.1, -0.05) is 6.07 Å². The van der Waals surface area contributed by atoms with Gasteiger partial charge in [-0.15, -0.1) is 0 Å². The van der Waals surface area contributed by atoms with Gasteiger partial charge in [-0.25, -0.2) is 8.42 Å². The third-order valence-corrected chi connectivity index (χ3v) is 4.96. The molecule has 0 unspecified atom stereocenters. The maximum absolute atomic E-state index is 12.7. The van der Waals surface area contributed by atoms with Gasteiger partial charge >= 0.3 is 0 Å². The van der Waals surface area contributed by atoms with Gasteiger partial charge in [-0.2, -0.15) is 4.31 Å². The Morgan fingerprint density at radius 2 is 2.05 bits per heavy atom.